The number of para-hydroxylation sites is 2. The van der Waals surface area contributed by atoms with Crippen molar-refractivity contribution in [3.8, 4) is 0 Å². The van der Waals surface area contributed by atoms with E-state index in [0.717, 1.165) is 13.1 Å². The molecule has 0 aromatic heterocycles. The molecule has 2 heteroatoms. The van der Waals surface area contributed by atoms with E-state index in [1.54, 1.807) is 0 Å². The molecular weight excluding hydrogens is 196 g/mol. The van der Waals surface area contributed by atoms with Gasteiger partial charge in [0.15, 0.2) is 0 Å². The average molecular weight is 218 g/mol. The Hall–Kier alpha value is -1.18. The summed E-state index contributed by atoms with van der Waals surface area (Å²) in [5, 5.41) is 7.04. The molecule has 0 radical (unpaired) electrons. The summed E-state index contributed by atoms with van der Waals surface area (Å²) in [7, 11) is 0. The number of hydrogen-bond acceptors (Lipinski definition) is 2. The molecule has 1 aromatic rings. The fourth-order valence-electron chi connectivity index (χ4n) is 2.19. The van der Waals surface area contributed by atoms with Crippen molar-refractivity contribution in [2.75, 3.05) is 23.7 Å². The lowest BCUT2D eigenvalue weighted by Gasteiger charge is -2.15. The van der Waals surface area contributed by atoms with Gasteiger partial charge < -0.3 is 10.6 Å². The van der Waals surface area contributed by atoms with E-state index in [4.69, 9.17) is 0 Å². The van der Waals surface area contributed by atoms with Crippen LogP contribution in [0.3, 0.4) is 0 Å². The summed E-state index contributed by atoms with van der Waals surface area (Å²) in [6.45, 7) is 2.19. The van der Waals surface area contributed by atoms with Crippen molar-refractivity contribution in [2.24, 2.45) is 0 Å². The minimum atomic E-state index is 1.10. The Morgan fingerprint density at radius 1 is 0.625 bits per heavy atom. The van der Waals surface area contributed by atoms with Gasteiger partial charge in [-0.15, -0.1) is 0 Å². The van der Waals surface area contributed by atoms with Gasteiger partial charge >= 0.3 is 0 Å². The van der Waals surface area contributed by atoms with Gasteiger partial charge in [0.2, 0.25) is 0 Å². The maximum atomic E-state index is 3.52. The molecule has 0 saturated heterocycles. The molecule has 2 nitrogen and oxygen atoms in total. The van der Waals surface area contributed by atoms with Gasteiger partial charge in [-0.05, 0) is 25.0 Å². The van der Waals surface area contributed by atoms with E-state index in [-0.39, 0.29) is 0 Å². The second kappa shape index (κ2) is 6.41. The van der Waals surface area contributed by atoms with Crippen LogP contribution in [-0.4, -0.2) is 13.1 Å². The summed E-state index contributed by atoms with van der Waals surface area (Å²) >= 11 is 0. The molecule has 0 atom stereocenters. The molecular formula is C14H22N2. The number of benzene rings is 1. The molecule has 0 bridgehead atoms. The molecule has 1 aliphatic rings. The van der Waals surface area contributed by atoms with Crippen molar-refractivity contribution in [3.63, 3.8) is 0 Å². The van der Waals surface area contributed by atoms with Crippen molar-refractivity contribution in [1.29, 1.82) is 0 Å². The third-order valence-corrected chi connectivity index (χ3v) is 3.16. The Morgan fingerprint density at radius 2 is 1.06 bits per heavy atom. The van der Waals surface area contributed by atoms with Gasteiger partial charge in [-0.1, -0.05) is 37.8 Å². The SMILES string of the molecule is c1ccc2c(c1)NCCCCCCCCN2. The van der Waals surface area contributed by atoms with Gasteiger partial charge in [0.25, 0.3) is 0 Å². The van der Waals surface area contributed by atoms with Crippen LogP contribution in [0.1, 0.15) is 38.5 Å². The monoisotopic (exact) mass is 218 g/mol. The second-order valence-corrected chi connectivity index (χ2v) is 4.52. The van der Waals surface area contributed by atoms with Gasteiger partial charge in [0.1, 0.15) is 0 Å². The first-order valence-corrected chi connectivity index (χ1v) is 6.53. The number of hydrogen-bond donors (Lipinski definition) is 2. The van der Waals surface area contributed by atoms with Crippen molar-refractivity contribution >= 4 is 11.4 Å². The van der Waals surface area contributed by atoms with Crippen molar-refractivity contribution in [3.05, 3.63) is 24.3 Å². The first kappa shape index (κ1) is 11.3. The lowest BCUT2D eigenvalue weighted by Crippen LogP contribution is -2.08. The van der Waals surface area contributed by atoms with Crippen LogP contribution in [0.25, 0.3) is 0 Å². The van der Waals surface area contributed by atoms with E-state index in [1.165, 1.54) is 49.9 Å². The quantitative estimate of drug-likeness (QED) is 0.691. The molecule has 0 amide bonds. The van der Waals surface area contributed by atoms with E-state index >= 15 is 0 Å². The molecule has 0 aliphatic carbocycles. The summed E-state index contributed by atoms with van der Waals surface area (Å²) in [6, 6.07) is 8.51. The largest absolute Gasteiger partial charge is 0.383 e. The van der Waals surface area contributed by atoms with E-state index in [1.807, 2.05) is 0 Å². The van der Waals surface area contributed by atoms with Gasteiger partial charge in [-0.3, -0.25) is 0 Å². The molecule has 2 rings (SSSR count). The fourth-order valence-corrected chi connectivity index (χ4v) is 2.19. The van der Waals surface area contributed by atoms with E-state index in [2.05, 4.69) is 34.9 Å². The third-order valence-electron chi connectivity index (χ3n) is 3.16. The van der Waals surface area contributed by atoms with E-state index < -0.39 is 0 Å². The predicted octanol–water partition coefficient (Wildman–Crippen LogP) is 3.86. The Bertz CT molecular complexity index is 278. The fraction of sp³-hybridized carbons (Fsp3) is 0.571. The predicted molar refractivity (Wildman–Crippen MR) is 71.1 cm³/mol. The van der Waals surface area contributed by atoms with Crippen LogP contribution in [0.15, 0.2) is 24.3 Å². The molecule has 2 N–H and O–H groups in total. The van der Waals surface area contributed by atoms with E-state index in [9.17, 15) is 0 Å². The number of nitrogens with one attached hydrogen (secondary N) is 2. The molecule has 0 saturated carbocycles. The van der Waals surface area contributed by atoms with Crippen LogP contribution >= 0.6 is 0 Å². The summed E-state index contributed by atoms with van der Waals surface area (Å²) in [4.78, 5) is 0. The number of rotatable bonds is 0. The van der Waals surface area contributed by atoms with Gasteiger partial charge in [0.05, 0.1) is 11.4 Å². The summed E-state index contributed by atoms with van der Waals surface area (Å²) in [5.74, 6) is 0. The molecule has 0 spiro atoms. The highest BCUT2D eigenvalue weighted by atomic mass is 14.9. The van der Waals surface area contributed by atoms with Crippen LogP contribution in [-0.2, 0) is 0 Å². The molecule has 88 valence electrons. The summed E-state index contributed by atoms with van der Waals surface area (Å²) in [6.07, 6.45) is 8.08. The molecule has 1 aromatic carbocycles. The maximum Gasteiger partial charge on any atom is 0.0575 e. The molecule has 0 unspecified atom stereocenters. The van der Waals surface area contributed by atoms with Gasteiger partial charge in [-0.25, -0.2) is 0 Å². The van der Waals surface area contributed by atoms with Crippen molar-refractivity contribution in [1.82, 2.24) is 0 Å². The highest BCUT2D eigenvalue weighted by Gasteiger charge is 2.01. The topological polar surface area (TPSA) is 24.1 Å². The average Bonchev–Trinajstić information content (AvgIpc) is 2.30. The van der Waals surface area contributed by atoms with Crippen LogP contribution in [0.4, 0.5) is 11.4 Å². The Labute approximate surface area is 98.4 Å². The zero-order chi connectivity index (χ0) is 11.1. The van der Waals surface area contributed by atoms with Crippen molar-refractivity contribution < 1.29 is 0 Å². The third kappa shape index (κ3) is 3.44. The van der Waals surface area contributed by atoms with Gasteiger partial charge in [-0.2, -0.15) is 0 Å². The van der Waals surface area contributed by atoms with Crippen LogP contribution in [0, 0.1) is 0 Å². The number of anilines is 2. The lowest BCUT2D eigenvalue weighted by atomic mass is 10.1. The minimum Gasteiger partial charge on any atom is -0.383 e. The van der Waals surface area contributed by atoms with Crippen LogP contribution in [0.5, 0.6) is 0 Å². The van der Waals surface area contributed by atoms with Crippen molar-refractivity contribution in [2.45, 2.75) is 38.5 Å². The highest BCUT2D eigenvalue weighted by Crippen LogP contribution is 2.21. The second-order valence-electron chi connectivity index (χ2n) is 4.52. The maximum absolute atomic E-state index is 3.52. The lowest BCUT2D eigenvalue weighted by molar-refractivity contribution is 0.609. The smallest absolute Gasteiger partial charge is 0.0575 e. The molecule has 1 heterocycles. The molecule has 0 fully saturated rings. The van der Waals surface area contributed by atoms with Gasteiger partial charge in [0, 0.05) is 13.1 Å². The Balaban J connectivity index is 1.99. The molecule has 1 aliphatic heterocycles. The minimum absolute atomic E-state index is 1.10. The normalized spacial score (nSPS) is 18.2. The highest BCUT2D eigenvalue weighted by molar-refractivity contribution is 5.68. The van der Waals surface area contributed by atoms with Crippen LogP contribution < -0.4 is 10.6 Å². The zero-order valence-corrected chi connectivity index (χ0v) is 9.97. The standard InChI is InChI=1S/C14H22N2/c1-2-4-8-12-16-14-10-6-5-9-13(14)15-11-7-3-1/h5-6,9-10,15-16H,1-4,7-8,11-12H2. The first-order chi connectivity index (χ1) is 7.97. The Morgan fingerprint density at radius 3 is 1.56 bits per heavy atom. The van der Waals surface area contributed by atoms with E-state index in [0.29, 0.717) is 0 Å². The summed E-state index contributed by atoms with van der Waals surface area (Å²) in [5.41, 5.74) is 2.51. The molecule has 16 heavy (non-hydrogen) atoms. The Kier molecular flexibility index (Phi) is 4.53. The summed E-state index contributed by atoms with van der Waals surface area (Å²) < 4.78 is 0. The number of fused-ring (bicyclic) bond motifs is 1. The van der Waals surface area contributed by atoms with Crippen LogP contribution in [0.2, 0.25) is 0 Å². The zero-order valence-electron chi connectivity index (χ0n) is 9.97. The first-order valence-electron chi connectivity index (χ1n) is 6.53.